The summed E-state index contributed by atoms with van der Waals surface area (Å²) >= 11 is 0. The molecule has 27 heavy (non-hydrogen) atoms. The Morgan fingerprint density at radius 1 is 1.19 bits per heavy atom. The number of carbonyl (C=O) groups is 2. The average molecular weight is 372 g/mol. The Hall–Kier alpha value is -2.38. The van der Waals surface area contributed by atoms with Crippen molar-refractivity contribution in [2.75, 3.05) is 53.0 Å². The molecule has 1 fully saturated rings. The van der Waals surface area contributed by atoms with E-state index < -0.39 is 0 Å². The lowest BCUT2D eigenvalue weighted by Crippen LogP contribution is -2.51. The van der Waals surface area contributed by atoms with E-state index in [1.807, 2.05) is 30.0 Å². The van der Waals surface area contributed by atoms with E-state index in [0.717, 1.165) is 22.2 Å². The summed E-state index contributed by atoms with van der Waals surface area (Å²) in [4.78, 5) is 32.2. The second-order valence-corrected chi connectivity index (χ2v) is 7.01. The fraction of sp³-hybridized carbons (Fsp3) is 0.500. The van der Waals surface area contributed by atoms with Crippen LogP contribution in [0.15, 0.2) is 18.2 Å². The van der Waals surface area contributed by atoms with Crippen molar-refractivity contribution >= 4 is 22.7 Å². The summed E-state index contributed by atoms with van der Waals surface area (Å²) in [5.74, 6) is 0.0416. The number of fused-ring (bicyclic) bond motifs is 1. The predicted octanol–water partition coefficient (Wildman–Crippen LogP) is 1.31. The quantitative estimate of drug-likeness (QED) is 0.750. The fourth-order valence-electron chi connectivity index (χ4n) is 3.49. The topological polar surface area (TPSA) is 77.7 Å². The number of aryl methyl sites for hydroxylation is 2. The number of nitrogens with zero attached hydrogens (tertiary/aromatic N) is 2. The maximum atomic E-state index is 13.0. The van der Waals surface area contributed by atoms with E-state index in [0.29, 0.717) is 45.9 Å². The second-order valence-electron chi connectivity index (χ2n) is 7.01. The zero-order valence-electron chi connectivity index (χ0n) is 16.3. The summed E-state index contributed by atoms with van der Waals surface area (Å²) < 4.78 is 4.93. The number of ether oxygens (including phenoxy) is 1. The van der Waals surface area contributed by atoms with Gasteiger partial charge in [0.1, 0.15) is 0 Å². The van der Waals surface area contributed by atoms with Gasteiger partial charge in [-0.1, -0.05) is 12.1 Å². The number of hydrogen-bond donors (Lipinski definition) is 2. The van der Waals surface area contributed by atoms with E-state index >= 15 is 0 Å². The van der Waals surface area contributed by atoms with Crippen LogP contribution < -0.4 is 5.32 Å². The molecule has 3 rings (SSSR count). The molecule has 0 spiro atoms. The van der Waals surface area contributed by atoms with Crippen LogP contribution in [0.1, 0.15) is 21.6 Å². The molecule has 146 valence electrons. The van der Waals surface area contributed by atoms with Crippen LogP contribution in [0, 0.1) is 13.8 Å². The number of hydrogen-bond acceptors (Lipinski definition) is 4. The van der Waals surface area contributed by atoms with Gasteiger partial charge in [-0.25, -0.2) is 0 Å². The number of benzene rings is 1. The van der Waals surface area contributed by atoms with Crippen molar-refractivity contribution in [2.45, 2.75) is 13.8 Å². The third-order valence-corrected chi connectivity index (χ3v) is 5.23. The van der Waals surface area contributed by atoms with Gasteiger partial charge in [-0.3, -0.25) is 14.5 Å². The SMILES string of the molecule is COCCNC(=O)CN1CCN(C(=O)c2cccc3c(C)c(C)[nH]c23)CC1. The average Bonchev–Trinajstić information content (AvgIpc) is 2.96. The number of aromatic nitrogens is 1. The Morgan fingerprint density at radius 3 is 2.63 bits per heavy atom. The summed E-state index contributed by atoms with van der Waals surface area (Å²) in [6, 6.07) is 5.87. The van der Waals surface area contributed by atoms with Gasteiger partial charge < -0.3 is 19.9 Å². The van der Waals surface area contributed by atoms with Gasteiger partial charge in [-0.2, -0.15) is 0 Å². The minimum atomic E-state index is -0.00562. The molecule has 2 heterocycles. The molecular formula is C20H28N4O3. The summed E-state index contributed by atoms with van der Waals surface area (Å²) in [5, 5.41) is 3.93. The van der Waals surface area contributed by atoms with Crippen LogP contribution in [-0.2, 0) is 9.53 Å². The van der Waals surface area contributed by atoms with Gasteiger partial charge in [0.05, 0.1) is 24.2 Å². The highest BCUT2D eigenvalue weighted by Gasteiger charge is 2.25. The molecule has 0 bridgehead atoms. The van der Waals surface area contributed by atoms with E-state index in [4.69, 9.17) is 4.74 Å². The van der Waals surface area contributed by atoms with E-state index in [1.165, 1.54) is 5.56 Å². The van der Waals surface area contributed by atoms with Gasteiger partial charge in [0.15, 0.2) is 0 Å². The van der Waals surface area contributed by atoms with Crippen LogP contribution in [0.4, 0.5) is 0 Å². The fourth-order valence-corrected chi connectivity index (χ4v) is 3.49. The molecule has 1 aliphatic heterocycles. The van der Waals surface area contributed by atoms with Crippen LogP contribution in [0.2, 0.25) is 0 Å². The molecule has 0 aliphatic carbocycles. The van der Waals surface area contributed by atoms with Crippen molar-refractivity contribution in [1.29, 1.82) is 0 Å². The Balaban J connectivity index is 1.59. The molecule has 0 atom stereocenters. The lowest BCUT2D eigenvalue weighted by Gasteiger charge is -2.34. The molecule has 1 aromatic heterocycles. The van der Waals surface area contributed by atoms with Gasteiger partial charge in [0, 0.05) is 50.9 Å². The lowest BCUT2D eigenvalue weighted by molar-refractivity contribution is -0.122. The molecule has 0 saturated carbocycles. The number of aromatic amines is 1. The maximum absolute atomic E-state index is 13.0. The zero-order chi connectivity index (χ0) is 19.4. The predicted molar refractivity (Wildman–Crippen MR) is 105 cm³/mol. The molecule has 2 N–H and O–H groups in total. The van der Waals surface area contributed by atoms with Gasteiger partial charge in [0.2, 0.25) is 5.91 Å². The number of rotatable bonds is 6. The van der Waals surface area contributed by atoms with Gasteiger partial charge in [0.25, 0.3) is 5.91 Å². The third kappa shape index (κ3) is 4.31. The molecule has 7 heteroatoms. The van der Waals surface area contributed by atoms with Crippen LogP contribution >= 0.6 is 0 Å². The van der Waals surface area contributed by atoms with E-state index in [9.17, 15) is 9.59 Å². The highest BCUT2D eigenvalue weighted by molar-refractivity contribution is 6.06. The van der Waals surface area contributed by atoms with Crippen LogP contribution in [0.3, 0.4) is 0 Å². The van der Waals surface area contributed by atoms with Crippen molar-refractivity contribution in [3.8, 4) is 0 Å². The number of carbonyl (C=O) groups excluding carboxylic acids is 2. The van der Waals surface area contributed by atoms with E-state index in [1.54, 1.807) is 7.11 Å². The van der Waals surface area contributed by atoms with Crippen molar-refractivity contribution in [3.63, 3.8) is 0 Å². The van der Waals surface area contributed by atoms with Crippen molar-refractivity contribution in [1.82, 2.24) is 20.1 Å². The largest absolute Gasteiger partial charge is 0.383 e. The molecular weight excluding hydrogens is 344 g/mol. The summed E-state index contributed by atoms with van der Waals surface area (Å²) in [6.45, 7) is 8.13. The van der Waals surface area contributed by atoms with Gasteiger partial charge in [-0.05, 0) is 25.5 Å². The monoisotopic (exact) mass is 372 g/mol. The molecule has 1 saturated heterocycles. The Morgan fingerprint density at radius 2 is 1.93 bits per heavy atom. The molecule has 0 unspecified atom stereocenters. The Bertz CT molecular complexity index is 822. The van der Waals surface area contributed by atoms with Crippen LogP contribution in [-0.4, -0.2) is 79.6 Å². The summed E-state index contributed by atoms with van der Waals surface area (Å²) in [6.07, 6.45) is 0. The minimum absolute atomic E-state index is 0.00562. The molecule has 0 radical (unpaired) electrons. The first-order valence-corrected chi connectivity index (χ1v) is 9.36. The molecule has 1 aromatic carbocycles. The number of amides is 2. The zero-order valence-corrected chi connectivity index (χ0v) is 16.3. The highest BCUT2D eigenvalue weighted by atomic mass is 16.5. The van der Waals surface area contributed by atoms with E-state index in [2.05, 4.69) is 22.1 Å². The first-order chi connectivity index (χ1) is 13.0. The van der Waals surface area contributed by atoms with Crippen LogP contribution in [0.5, 0.6) is 0 Å². The van der Waals surface area contributed by atoms with Crippen molar-refractivity contribution in [2.24, 2.45) is 0 Å². The van der Waals surface area contributed by atoms with Crippen molar-refractivity contribution in [3.05, 3.63) is 35.0 Å². The summed E-state index contributed by atoms with van der Waals surface area (Å²) in [7, 11) is 1.61. The standard InChI is InChI=1S/C20H28N4O3/c1-14-15(2)22-19-16(14)5-4-6-17(19)20(26)24-10-8-23(9-11-24)13-18(25)21-7-12-27-3/h4-6,22H,7-13H2,1-3H3,(H,21,25). The lowest BCUT2D eigenvalue weighted by atomic mass is 10.1. The number of para-hydroxylation sites is 1. The Kier molecular flexibility index (Phi) is 6.13. The van der Waals surface area contributed by atoms with Crippen molar-refractivity contribution < 1.29 is 14.3 Å². The number of methoxy groups -OCH3 is 1. The normalized spacial score (nSPS) is 15.3. The number of H-pyrrole nitrogens is 1. The number of nitrogens with one attached hydrogen (secondary N) is 2. The summed E-state index contributed by atoms with van der Waals surface area (Å²) in [5.41, 5.74) is 3.91. The first kappa shape index (κ1) is 19.4. The minimum Gasteiger partial charge on any atom is -0.383 e. The first-order valence-electron chi connectivity index (χ1n) is 9.36. The maximum Gasteiger partial charge on any atom is 0.256 e. The van der Waals surface area contributed by atoms with Crippen LogP contribution in [0.25, 0.3) is 10.9 Å². The molecule has 7 nitrogen and oxygen atoms in total. The third-order valence-electron chi connectivity index (χ3n) is 5.23. The number of piperazine rings is 1. The second kappa shape index (κ2) is 8.54. The smallest absolute Gasteiger partial charge is 0.256 e. The molecule has 2 amide bonds. The Labute approximate surface area is 159 Å². The molecule has 1 aliphatic rings. The highest BCUT2D eigenvalue weighted by Crippen LogP contribution is 2.25. The van der Waals surface area contributed by atoms with Gasteiger partial charge in [-0.15, -0.1) is 0 Å². The van der Waals surface area contributed by atoms with Gasteiger partial charge >= 0.3 is 0 Å². The van der Waals surface area contributed by atoms with E-state index in [-0.39, 0.29) is 11.8 Å². The molecule has 2 aromatic rings.